The van der Waals surface area contributed by atoms with Gasteiger partial charge in [-0.25, -0.2) is 0 Å². The molecule has 0 aliphatic carbocycles. The van der Waals surface area contributed by atoms with E-state index in [4.69, 9.17) is 14.2 Å². The summed E-state index contributed by atoms with van der Waals surface area (Å²) in [5.41, 5.74) is 0. The third kappa shape index (κ3) is 4.87. The molecule has 0 saturated carbocycles. The monoisotopic (exact) mass is 256 g/mol. The quantitative estimate of drug-likeness (QED) is 0.754. The Balaban J connectivity index is 2.01. The lowest BCUT2D eigenvalue weighted by molar-refractivity contribution is -0.213. The van der Waals surface area contributed by atoms with Gasteiger partial charge in [0, 0.05) is 7.11 Å². The molecule has 18 heavy (non-hydrogen) atoms. The van der Waals surface area contributed by atoms with E-state index in [-0.39, 0.29) is 6.29 Å². The van der Waals surface area contributed by atoms with Crippen molar-refractivity contribution in [3.8, 4) is 0 Å². The fourth-order valence-electron chi connectivity index (χ4n) is 3.08. The molecule has 2 saturated heterocycles. The summed E-state index contributed by atoms with van der Waals surface area (Å²) in [5.74, 6) is 0. The van der Waals surface area contributed by atoms with Crippen molar-refractivity contribution in [2.75, 3.05) is 13.7 Å². The van der Waals surface area contributed by atoms with E-state index in [1.54, 1.807) is 7.11 Å². The lowest BCUT2D eigenvalue weighted by Gasteiger charge is -2.26. The minimum atomic E-state index is -0.152. The Labute approximate surface area is 111 Å². The Bertz CT molecular complexity index is 200. The third-order valence-electron chi connectivity index (χ3n) is 4.10. The second kappa shape index (κ2) is 8.13. The summed E-state index contributed by atoms with van der Waals surface area (Å²) in [6.45, 7) is 0.562. The van der Waals surface area contributed by atoms with E-state index in [1.807, 2.05) is 0 Å². The van der Waals surface area contributed by atoms with E-state index < -0.39 is 0 Å². The van der Waals surface area contributed by atoms with Crippen molar-refractivity contribution in [2.24, 2.45) is 0 Å². The molecule has 0 aromatic carbocycles. The Morgan fingerprint density at radius 1 is 0.778 bits per heavy atom. The molecule has 0 aromatic rings. The minimum Gasteiger partial charge on any atom is -0.379 e. The third-order valence-corrected chi connectivity index (χ3v) is 4.10. The fourth-order valence-corrected chi connectivity index (χ4v) is 3.08. The van der Waals surface area contributed by atoms with Crippen LogP contribution in [-0.2, 0) is 14.2 Å². The molecule has 2 rings (SSSR count). The second-order valence-electron chi connectivity index (χ2n) is 5.68. The maximum absolute atomic E-state index is 6.13. The molecule has 2 fully saturated rings. The molecule has 3 heteroatoms. The van der Waals surface area contributed by atoms with E-state index >= 15 is 0 Å². The fraction of sp³-hybridized carbons (Fsp3) is 1.00. The van der Waals surface area contributed by atoms with Gasteiger partial charge < -0.3 is 14.2 Å². The lowest BCUT2D eigenvalue weighted by atomic mass is 9.98. The van der Waals surface area contributed by atoms with Gasteiger partial charge in [-0.05, 0) is 25.7 Å². The van der Waals surface area contributed by atoms with Crippen molar-refractivity contribution in [1.29, 1.82) is 0 Å². The van der Waals surface area contributed by atoms with Crippen LogP contribution in [0.2, 0.25) is 0 Å². The van der Waals surface area contributed by atoms with E-state index in [9.17, 15) is 0 Å². The van der Waals surface area contributed by atoms with Crippen molar-refractivity contribution in [2.45, 2.75) is 82.7 Å². The van der Waals surface area contributed by atoms with Gasteiger partial charge in [0.1, 0.15) is 0 Å². The van der Waals surface area contributed by atoms with Crippen molar-refractivity contribution >= 4 is 0 Å². The Kier molecular flexibility index (Phi) is 6.46. The summed E-state index contributed by atoms with van der Waals surface area (Å²) in [5, 5.41) is 0. The minimum absolute atomic E-state index is 0.152. The predicted octanol–water partition coefficient (Wildman–Crippen LogP) is 3.66. The summed E-state index contributed by atoms with van der Waals surface area (Å²) < 4.78 is 17.5. The molecule has 2 unspecified atom stereocenters. The van der Waals surface area contributed by atoms with Crippen LogP contribution in [0.3, 0.4) is 0 Å². The van der Waals surface area contributed by atoms with Crippen LogP contribution in [-0.4, -0.2) is 32.2 Å². The smallest absolute Gasteiger partial charge is 0.181 e. The Morgan fingerprint density at radius 2 is 1.22 bits per heavy atom. The second-order valence-corrected chi connectivity index (χ2v) is 5.68. The van der Waals surface area contributed by atoms with Crippen LogP contribution in [0.25, 0.3) is 0 Å². The van der Waals surface area contributed by atoms with Crippen LogP contribution in [0.15, 0.2) is 0 Å². The van der Waals surface area contributed by atoms with Crippen LogP contribution >= 0.6 is 0 Å². The first-order chi connectivity index (χ1) is 8.88. The van der Waals surface area contributed by atoms with Crippen LogP contribution in [0.4, 0.5) is 0 Å². The zero-order chi connectivity index (χ0) is 12.6. The van der Waals surface area contributed by atoms with Gasteiger partial charge in [0.25, 0.3) is 0 Å². The van der Waals surface area contributed by atoms with Crippen molar-refractivity contribution in [3.63, 3.8) is 0 Å². The van der Waals surface area contributed by atoms with Crippen molar-refractivity contribution in [3.05, 3.63) is 0 Å². The van der Waals surface area contributed by atoms with Gasteiger partial charge in [-0.2, -0.15) is 0 Å². The van der Waals surface area contributed by atoms with Gasteiger partial charge in [-0.3, -0.25) is 0 Å². The van der Waals surface area contributed by atoms with E-state index in [2.05, 4.69) is 0 Å². The summed E-state index contributed by atoms with van der Waals surface area (Å²) >= 11 is 0. The van der Waals surface area contributed by atoms with Crippen LogP contribution in [0.1, 0.15) is 64.2 Å². The molecule has 0 spiro atoms. The maximum atomic E-state index is 6.13. The molecule has 0 radical (unpaired) electrons. The molecule has 3 nitrogen and oxygen atoms in total. The molecule has 0 amide bonds. The maximum Gasteiger partial charge on any atom is 0.181 e. The number of rotatable bonds is 2. The average Bonchev–Trinajstić information content (AvgIpc) is 2.40. The van der Waals surface area contributed by atoms with Gasteiger partial charge >= 0.3 is 0 Å². The first-order valence-corrected chi connectivity index (χ1v) is 7.68. The van der Waals surface area contributed by atoms with Crippen LogP contribution in [0, 0.1) is 0 Å². The molecule has 2 heterocycles. The molecule has 2 bridgehead atoms. The highest BCUT2D eigenvalue weighted by Gasteiger charge is 2.24. The summed E-state index contributed by atoms with van der Waals surface area (Å²) in [7, 11) is 1.72. The molecule has 0 aromatic heterocycles. The van der Waals surface area contributed by atoms with Gasteiger partial charge in [0.15, 0.2) is 6.29 Å². The first kappa shape index (κ1) is 14.3. The molecular formula is C15H28O3. The van der Waals surface area contributed by atoms with Crippen molar-refractivity contribution in [1.82, 2.24) is 0 Å². The van der Waals surface area contributed by atoms with Gasteiger partial charge in [0.05, 0.1) is 18.8 Å². The highest BCUT2D eigenvalue weighted by molar-refractivity contribution is 4.69. The molecule has 0 N–H and O–H groups in total. The lowest BCUT2D eigenvalue weighted by Crippen LogP contribution is -2.31. The van der Waals surface area contributed by atoms with Crippen LogP contribution in [0.5, 0.6) is 0 Å². The molecule has 2 aliphatic rings. The number of ether oxygens (including phenoxy) is 3. The number of hydrogen-bond acceptors (Lipinski definition) is 3. The molecule has 2 aliphatic heterocycles. The van der Waals surface area contributed by atoms with Crippen LogP contribution < -0.4 is 0 Å². The predicted molar refractivity (Wildman–Crippen MR) is 71.6 cm³/mol. The zero-order valence-corrected chi connectivity index (χ0v) is 11.7. The molecule has 106 valence electrons. The summed E-state index contributed by atoms with van der Waals surface area (Å²) in [4.78, 5) is 0. The molecular weight excluding hydrogens is 228 g/mol. The topological polar surface area (TPSA) is 27.7 Å². The van der Waals surface area contributed by atoms with E-state index in [1.165, 1.54) is 64.2 Å². The van der Waals surface area contributed by atoms with E-state index in [0.29, 0.717) is 18.8 Å². The number of hydrogen-bond donors (Lipinski definition) is 0. The number of methoxy groups -OCH3 is 1. The van der Waals surface area contributed by atoms with Crippen molar-refractivity contribution < 1.29 is 14.2 Å². The highest BCUT2D eigenvalue weighted by atomic mass is 16.7. The largest absolute Gasteiger partial charge is 0.379 e. The summed E-state index contributed by atoms with van der Waals surface area (Å²) in [6.07, 6.45) is 13.2. The molecule has 2 atom stereocenters. The SMILES string of the molecule is COCC1OC2CCCCCCC(CCCC2)O1. The highest BCUT2D eigenvalue weighted by Crippen LogP contribution is 2.25. The van der Waals surface area contributed by atoms with Gasteiger partial charge in [-0.1, -0.05) is 38.5 Å². The normalized spacial score (nSPS) is 35.5. The average molecular weight is 256 g/mol. The number of fused-ring (bicyclic) bond motifs is 4. The Hall–Kier alpha value is -0.120. The van der Waals surface area contributed by atoms with Gasteiger partial charge in [0.2, 0.25) is 0 Å². The van der Waals surface area contributed by atoms with E-state index in [0.717, 1.165) is 0 Å². The standard InChI is InChI=1S/C15H28O3/c1-16-12-15-17-13-8-4-2-3-5-9-14(18-15)11-7-6-10-13/h13-15H,2-12H2,1H3. The first-order valence-electron chi connectivity index (χ1n) is 7.68. The summed E-state index contributed by atoms with van der Waals surface area (Å²) in [6, 6.07) is 0. The zero-order valence-electron chi connectivity index (χ0n) is 11.7. The Morgan fingerprint density at radius 3 is 1.67 bits per heavy atom. The van der Waals surface area contributed by atoms with Gasteiger partial charge in [-0.15, -0.1) is 0 Å².